The first-order valence-electron chi connectivity index (χ1n) is 14.9. The zero-order valence-corrected chi connectivity index (χ0v) is 29.3. The number of carbonyl (C=O) groups excluding carboxylic acids is 1. The zero-order chi connectivity index (χ0) is 31.7. The van der Waals surface area contributed by atoms with Gasteiger partial charge in [-0.15, -0.1) is 0 Å². The van der Waals surface area contributed by atoms with E-state index in [0.717, 1.165) is 22.3 Å². The van der Waals surface area contributed by atoms with E-state index in [2.05, 4.69) is 97.3 Å². The largest absolute Gasteiger partial charge is 0.480 e. The Hall–Kier alpha value is -2.47. The lowest BCUT2D eigenvalue weighted by atomic mass is 9.96. The molecule has 2 N–H and O–H groups in total. The Bertz CT molecular complexity index is 1220. The van der Waals surface area contributed by atoms with E-state index in [1.165, 1.54) is 0 Å². The number of rotatable bonds is 11. The van der Waals surface area contributed by atoms with Gasteiger partial charge in [0, 0.05) is 11.8 Å². The molecule has 2 aromatic rings. The molecule has 0 fully saturated rings. The number of amides is 1. The molecule has 0 heterocycles. The van der Waals surface area contributed by atoms with Crippen LogP contribution in [0.25, 0.3) is 11.1 Å². The second-order valence-electron chi connectivity index (χ2n) is 14.6. The molecule has 2 aromatic carbocycles. The fourth-order valence-electron chi connectivity index (χ4n) is 4.76. The lowest BCUT2D eigenvalue weighted by molar-refractivity contribution is -0.142. The van der Waals surface area contributed by atoms with Gasteiger partial charge in [0.05, 0.1) is 12.7 Å². The van der Waals surface area contributed by atoms with Crippen molar-refractivity contribution in [3.05, 3.63) is 59.7 Å². The third-order valence-electron chi connectivity index (χ3n) is 9.66. The number of carboxylic acid groups (broad SMARTS) is 1. The first-order valence-corrected chi connectivity index (χ1v) is 20.7. The van der Waals surface area contributed by atoms with E-state index in [9.17, 15) is 14.7 Å². The molecule has 0 spiro atoms. The fraction of sp³-hybridized carbons (Fsp3) is 0.576. The standard InChI is InChI=1S/C33H51NO6Si2/c1-22(28(40-42(10,11)33(5,6)7)21-39-41(8,9)32(2,3)4)29(30(35)36)34-31(37)38-20-27-25-18-14-12-16-23(25)24-17-13-15-19-26(24)27/h12-19,22,27-29H,20-21H2,1-11H3,(H,34,37)(H,35,36)/t22-,28-,29-/m0/s1. The first-order chi connectivity index (χ1) is 19.3. The Morgan fingerprint density at radius 3 is 1.79 bits per heavy atom. The molecule has 0 aliphatic heterocycles. The highest BCUT2D eigenvalue weighted by Crippen LogP contribution is 2.44. The minimum atomic E-state index is -2.30. The van der Waals surface area contributed by atoms with Crippen molar-refractivity contribution in [3.63, 3.8) is 0 Å². The van der Waals surface area contributed by atoms with Gasteiger partial charge in [0.1, 0.15) is 12.6 Å². The molecule has 3 atom stereocenters. The summed E-state index contributed by atoms with van der Waals surface area (Å²) in [4.78, 5) is 25.7. The Morgan fingerprint density at radius 1 is 0.857 bits per heavy atom. The van der Waals surface area contributed by atoms with Gasteiger partial charge in [-0.2, -0.15) is 0 Å². The summed E-state index contributed by atoms with van der Waals surface area (Å²) in [5, 5.41) is 12.8. The molecule has 0 saturated carbocycles. The van der Waals surface area contributed by atoms with E-state index in [1.807, 2.05) is 31.2 Å². The summed E-state index contributed by atoms with van der Waals surface area (Å²) in [6, 6.07) is 15.0. The molecule has 232 valence electrons. The molecule has 3 rings (SSSR count). The van der Waals surface area contributed by atoms with Gasteiger partial charge in [-0.05, 0) is 58.5 Å². The van der Waals surface area contributed by atoms with Crippen molar-refractivity contribution in [2.45, 2.75) is 103 Å². The second-order valence-corrected chi connectivity index (χ2v) is 24.2. The van der Waals surface area contributed by atoms with Crippen LogP contribution in [0.1, 0.15) is 65.5 Å². The number of alkyl carbamates (subject to hydrolysis) is 1. The molecular weight excluding hydrogens is 563 g/mol. The van der Waals surface area contributed by atoms with Crippen LogP contribution in [0.3, 0.4) is 0 Å². The monoisotopic (exact) mass is 613 g/mol. The number of fused-ring (bicyclic) bond motifs is 3. The average Bonchev–Trinajstić information content (AvgIpc) is 3.20. The van der Waals surface area contributed by atoms with Gasteiger partial charge in [-0.3, -0.25) is 0 Å². The molecule has 0 saturated heterocycles. The zero-order valence-electron chi connectivity index (χ0n) is 27.3. The number of hydrogen-bond donors (Lipinski definition) is 2. The summed E-state index contributed by atoms with van der Waals surface area (Å²) in [6.45, 7) is 23.8. The number of aliphatic carboxylic acids is 1. The number of hydrogen-bond acceptors (Lipinski definition) is 5. The average molecular weight is 614 g/mol. The third kappa shape index (κ3) is 7.54. The highest BCUT2D eigenvalue weighted by atomic mass is 28.4. The van der Waals surface area contributed by atoms with Crippen LogP contribution in [-0.4, -0.2) is 59.2 Å². The summed E-state index contributed by atoms with van der Waals surface area (Å²) in [6.07, 6.45) is -1.28. The van der Waals surface area contributed by atoms with Gasteiger partial charge in [0.15, 0.2) is 16.6 Å². The van der Waals surface area contributed by atoms with Gasteiger partial charge >= 0.3 is 12.1 Å². The van der Waals surface area contributed by atoms with E-state index < -0.39 is 46.8 Å². The van der Waals surface area contributed by atoms with Gasteiger partial charge < -0.3 is 24.0 Å². The number of carboxylic acids is 1. The minimum absolute atomic E-state index is 0.0104. The summed E-state index contributed by atoms with van der Waals surface area (Å²) >= 11 is 0. The van der Waals surface area contributed by atoms with E-state index >= 15 is 0 Å². The highest BCUT2D eigenvalue weighted by Gasteiger charge is 2.45. The Balaban J connectivity index is 1.78. The molecule has 1 aliphatic carbocycles. The minimum Gasteiger partial charge on any atom is -0.480 e. The van der Waals surface area contributed by atoms with Crippen LogP contribution in [0, 0.1) is 5.92 Å². The van der Waals surface area contributed by atoms with Crippen LogP contribution >= 0.6 is 0 Å². The number of ether oxygens (including phenoxy) is 1. The van der Waals surface area contributed by atoms with Crippen LogP contribution in [0.2, 0.25) is 36.3 Å². The lowest BCUT2D eigenvalue weighted by Crippen LogP contribution is -2.55. The molecule has 42 heavy (non-hydrogen) atoms. The number of carbonyl (C=O) groups is 2. The van der Waals surface area contributed by atoms with Crippen LogP contribution in [0.15, 0.2) is 48.5 Å². The van der Waals surface area contributed by atoms with Crippen LogP contribution < -0.4 is 5.32 Å². The van der Waals surface area contributed by atoms with Crippen molar-refractivity contribution >= 4 is 28.7 Å². The van der Waals surface area contributed by atoms with E-state index in [0.29, 0.717) is 0 Å². The summed E-state index contributed by atoms with van der Waals surface area (Å²) in [5.41, 5.74) is 4.46. The van der Waals surface area contributed by atoms with Gasteiger partial charge in [0.2, 0.25) is 0 Å². The van der Waals surface area contributed by atoms with Crippen molar-refractivity contribution in [2.24, 2.45) is 5.92 Å². The summed E-state index contributed by atoms with van der Waals surface area (Å²) in [7, 11) is -4.43. The molecular formula is C33H51NO6Si2. The summed E-state index contributed by atoms with van der Waals surface area (Å²) in [5.74, 6) is -1.81. The quantitative estimate of drug-likeness (QED) is 0.249. The van der Waals surface area contributed by atoms with Crippen molar-refractivity contribution in [1.82, 2.24) is 5.32 Å². The smallest absolute Gasteiger partial charge is 0.407 e. The Morgan fingerprint density at radius 2 is 1.33 bits per heavy atom. The lowest BCUT2D eigenvalue weighted by Gasteiger charge is -2.43. The molecule has 9 heteroatoms. The van der Waals surface area contributed by atoms with Crippen LogP contribution in [0.5, 0.6) is 0 Å². The third-order valence-corrected chi connectivity index (χ3v) is 18.7. The van der Waals surface area contributed by atoms with Crippen molar-refractivity contribution < 1.29 is 28.3 Å². The topological polar surface area (TPSA) is 94.1 Å². The van der Waals surface area contributed by atoms with Crippen molar-refractivity contribution in [2.75, 3.05) is 13.2 Å². The van der Waals surface area contributed by atoms with Gasteiger partial charge in [0.25, 0.3) is 0 Å². The first kappa shape index (κ1) is 34.0. The van der Waals surface area contributed by atoms with Crippen LogP contribution in [-0.2, 0) is 18.4 Å². The Kier molecular flexibility index (Phi) is 10.2. The highest BCUT2D eigenvalue weighted by molar-refractivity contribution is 6.74. The Labute approximate surface area is 254 Å². The van der Waals surface area contributed by atoms with E-state index in [1.54, 1.807) is 0 Å². The molecule has 1 aliphatic rings. The van der Waals surface area contributed by atoms with E-state index in [-0.39, 0.29) is 29.2 Å². The van der Waals surface area contributed by atoms with Crippen molar-refractivity contribution in [3.8, 4) is 11.1 Å². The fourth-order valence-corrected chi connectivity index (χ4v) is 7.16. The van der Waals surface area contributed by atoms with E-state index in [4.69, 9.17) is 13.6 Å². The number of nitrogens with one attached hydrogen (secondary N) is 1. The number of benzene rings is 2. The van der Waals surface area contributed by atoms with Crippen LogP contribution in [0.4, 0.5) is 4.79 Å². The maximum absolute atomic E-state index is 13.1. The maximum atomic E-state index is 13.1. The van der Waals surface area contributed by atoms with Gasteiger partial charge in [-0.1, -0.05) is 97.0 Å². The SMILES string of the molecule is C[C@@H]([C@H](CO[Si](C)(C)C(C)(C)C)O[Si](C)(C)C(C)(C)C)[C@H](NC(=O)OCC1c2ccccc2-c2ccccc21)C(=O)O. The molecule has 0 unspecified atom stereocenters. The maximum Gasteiger partial charge on any atom is 0.407 e. The molecule has 7 nitrogen and oxygen atoms in total. The molecule has 0 radical (unpaired) electrons. The molecule has 0 bridgehead atoms. The second kappa shape index (κ2) is 12.6. The molecule has 1 amide bonds. The molecule has 0 aromatic heterocycles. The van der Waals surface area contributed by atoms with Crippen molar-refractivity contribution in [1.29, 1.82) is 0 Å². The normalized spacial score (nSPS) is 16.3. The van der Waals surface area contributed by atoms with Gasteiger partial charge in [-0.25, -0.2) is 9.59 Å². The predicted molar refractivity (Wildman–Crippen MR) is 174 cm³/mol. The predicted octanol–water partition coefficient (Wildman–Crippen LogP) is 8.03. The summed E-state index contributed by atoms with van der Waals surface area (Å²) < 4.78 is 19.0.